The summed E-state index contributed by atoms with van der Waals surface area (Å²) in [7, 11) is 0. The first-order valence-electron chi connectivity index (χ1n) is 9.48. The fourth-order valence-corrected chi connectivity index (χ4v) is 2.95. The summed E-state index contributed by atoms with van der Waals surface area (Å²) in [6, 6.07) is 14.4. The Kier molecular flexibility index (Phi) is 5.87. The molecule has 0 N–H and O–H groups in total. The van der Waals surface area contributed by atoms with Gasteiger partial charge in [-0.1, -0.05) is 51.1 Å². The summed E-state index contributed by atoms with van der Waals surface area (Å²) in [5, 5.41) is 0.561. The molecule has 0 fully saturated rings. The Hall–Kier alpha value is -3.34. The van der Waals surface area contributed by atoms with Crippen LogP contribution in [0, 0.1) is 0 Å². The Bertz CT molecular complexity index is 1050. The van der Waals surface area contributed by atoms with Gasteiger partial charge in [-0.3, -0.25) is 0 Å². The van der Waals surface area contributed by atoms with Crippen molar-refractivity contribution in [3.63, 3.8) is 0 Å². The maximum Gasteiger partial charge on any atom is 0.342 e. The van der Waals surface area contributed by atoms with Crippen LogP contribution < -0.4 is 4.74 Å². The molecule has 2 aromatic carbocycles. The molecular weight excluding hydrogens is 368 g/mol. The molecule has 1 heterocycles. The molecule has 3 aromatic rings. The predicted molar refractivity (Wildman–Crippen MR) is 112 cm³/mol. The Labute approximate surface area is 169 Å². The molecule has 0 unspecified atom stereocenters. The second kappa shape index (κ2) is 8.35. The molecule has 3 rings (SSSR count). The first kappa shape index (κ1) is 20.4. The summed E-state index contributed by atoms with van der Waals surface area (Å²) in [5.74, 6) is -0.0977. The second-order valence-corrected chi connectivity index (χ2v) is 7.60. The van der Waals surface area contributed by atoms with Crippen molar-refractivity contribution in [2.45, 2.75) is 33.1 Å². The van der Waals surface area contributed by atoms with Gasteiger partial charge in [0.25, 0.3) is 0 Å². The average Bonchev–Trinajstić information content (AvgIpc) is 3.07. The van der Waals surface area contributed by atoms with E-state index in [2.05, 4.69) is 0 Å². The number of benzene rings is 2. The van der Waals surface area contributed by atoms with Crippen LogP contribution in [0.5, 0.6) is 5.75 Å². The average molecular weight is 392 g/mol. The topological polar surface area (TPSA) is 65.7 Å². The summed E-state index contributed by atoms with van der Waals surface area (Å²) < 4.78 is 16.6. The van der Waals surface area contributed by atoms with Gasteiger partial charge in [-0.2, -0.15) is 0 Å². The number of rotatable bonds is 5. The number of hydrogen-bond acceptors (Lipinski definition) is 5. The van der Waals surface area contributed by atoms with E-state index < -0.39 is 17.4 Å². The molecule has 150 valence electrons. The number of carbonyl (C=O) groups excluding carboxylic acids is 2. The largest absolute Gasteiger partial charge is 0.462 e. The van der Waals surface area contributed by atoms with Crippen molar-refractivity contribution in [3.8, 4) is 5.75 Å². The molecule has 1 aromatic heterocycles. The van der Waals surface area contributed by atoms with Crippen molar-refractivity contribution < 1.29 is 23.5 Å². The van der Waals surface area contributed by atoms with E-state index in [0.717, 1.165) is 5.56 Å². The third-order valence-corrected chi connectivity index (χ3v) is 4.25. The van der Waals surface area contributed by atoms with Crippen LogP contribution in [0.25, 0.3) is 17.0 Å². The van der Waals surface area contributed by atoms with Crippen LogP contribution in [0.15, 0.2) is 59.0 Å². The third kappa shape index (κ3) is 4.74. The van der Waals surface area contributed by atoms with Gasteiger partial charge in [-0.15, -0.1) is 0 Å². The molecular formula is C24H24O5. The Morgan fingerprint density at radius 1 is 1.07 bits per heavy atom. The quantitative estimate of drug-likeness (QED) is 0.325. The van der Waals surface area contributed by atoms with Crippen molar-refractivity contribution >= 4 is 29.0 Å². The van der Waals surface area contributed by atoms with Crippen molar-refractivity contribution in [2.75, 3.05) is 6.61 Å². The maximum absolute atomic E-state index is 12.6. The smallest absolute Gasteiger partial charge is 0.342 e. The van der Waals surface area contributed by atoms with E-state index in [4.69, 9.17) is 13.9 Å². The van der Waals surface area contributed by atoms with Crippen molar-refractivity contribution in [1.29, 1.82) is 0 Å². The standard InChI is InChI=1S/C24H24O5/c1-5-27-23(26)21-18-15-17(12-13-19(18)29-22(21)24(2,3)4)28-20(25)14-11-16-9-7-6-8-10-16/h6-15H,5H2,1-4H3/b14-11+. The second-order valence-electron chi connectivity index (χ2n) is 7.60. The number of furan rings is 1. The highest BCUT2D eigenvalue weighted by atomic mass is 16.5. The van der Waals surface area contributed by atoms with Gasteiger partial charge in [0.05, 0.1) is 6.61 Å². The molecule has 0 saturated carbocycles. The van der Waals surface area contributed by atoms with Gasteiger partial charge in [0.2, 0.25) is 0 Å². The molecule has 5 nitrogen and oxygen atoms in total. The van der Waals surface area contributed by atoms with Crippen molar-refractivity contribution in [3.05, 3.63) is 71.5 Å². The van der Waals surface area contributed by atoms with Gasteiger partial charge in [-0.25, -0.2) is 9.59 Å². The molecule has 0 aliphatic carbocycles. The molecule has 0 aliphatic rings. The molecule has 0 spiro atoms. The molecule has 0 bridgehead atoms. The van der Waals surface area contributed by atoms with E-state index in [9.17, 15) is 9.59 Å². The SMILES string of the molecule is CCOC(=O)c1c(C(C)(C)C)oc2ccc(OC(=O)/C=C/c3ccccc3)cc12. The minimum absolute atomic E-state index is 0.258. The lowest BCUT2D eigenvalue weighted by Crippen LogP contribution is -2.16. The summed E-state index contributed by atoms with van der Waals surface area (Å²) in [4.78, 5) is 24.8. The van der Waals surface area contributed by atoms with E-state index in [1.807, 2.05) is 51.1 Å². The van der Waals surface area contributed by atoms with Crippen molar-refractivity contribution in [1.82, 2.24) is 0 Å². The highest BCUT2D eigenvalue weighted by Gasteiger charge is 2.30. The van der Waals surface area contributed by atoms with Gasteiger partial charge < -0.3 is 13.9 Å². The Balaban J connectivity index is 1.92. The zero-order valence-corrected chi connectivity index (χ0v) is 17.0. The number of hydrogen-bond donors (Lipinski definition) is 0. The molecule has 0 saturated heterocycles. The van der Waals surface area contributed by atoms with Crippen LogP contribution in [-0.4, -0.2) is 18.5 Å². The van der Waals surface area contributed by atoms with E-state index in [-0.39, 0.29) is 6.61 Å². The summed E-state index contributed by atoms with van der Waals surface area (Å²) in [6.45, 7) is 7.89. The minimum atomic E-state index is -0.509. The molecule has 0 aliphatic heterocycles. The number of ether oxygens (including phenoxy) is 2. The van der Waals surface area contributed by atoms with Gasteiger partial charge in [-0.05, 0) is 36.8 Å². The Morgan fingerprint density at radius 3 is 2.45 bits per heavy atom. The maximum atomic E-state index is 12.6. The van der Waals surface area contributed by atoms with Gasteiger partial charge in [0.1, 0.15) is 22.7 Å². The van der Waals surface area contributed by atoms with Crippen LogP contribution in [0.1, 0.15) is 49.4 Å². The summed E-state index contributed by atoms with van der Waals surface area (Å²) in [5.41, 5.74) is 1.41. The lowest BCUT2D eigenvalue weighted by atomic mass is 9.89. The van der Waals surface area contributed by atoms with E-state index in [0.29, 0.717) is 28.0 Å². The van der Waals surface area contributed by atoms with Gasteiger partial charge in [0, 0.05) is 16.9 Å². The molecule has 5 heteroatoms. The zero-order chi connectivity index (χ0) is 21.0. The Morgan fingerprint density at radius 2 is 1.79 bits per heavy atom. The number of esters is 2. The summed E-state index contributed by atoms with van der Waals surface area (Å²) >= 11 is 0. The first-order valence-corrected chi connectivity index (χ1v) is 9.48. The fourth-order valence-electron chi connectivity index (χ4n) is 2.95. The number of fused-ring (bicyclic) bond motifs is 1. The van der Waals surface area contributed by atoms with Crippen LogP contribution >= 0.6 is 0 Å². The summed E-state index contributed by atoms with van der Waals surface area (Å²) in [6.07, 6.45) is 3.04. The van der Waals surface area contributed by atoms with Gasteiger partial charge in [0.15, 0.2) is 0 Å². The zero-order valence-electron chi connectivity index (χ0n) is 17.0. The van der Waals surface area contributed by atoms with Crippen molar-refractivity contribution in [2.24, 2.45) is 0 Å². The van der Waals surface area contributed by atoms with Crippen LogP contribution in [0.2, 0.25) is 0 Å². The van der Waals surface area contributed by atoms with Crippen LogP contribution in [0.3, 0.4) is 0 Å². The lowest BCUT2D eigenvalue weighted by Gasteiger charge is -2.16. The normalized spacial score (nSPS) is 11.7. The van der Waals surface area contributed by atoms with E-state index >= 15 is 0 Å². The molecule has 29 heavy (non-hydrogen) atoms. The highest BCUT2D eigenvalue weighted by molar-refractivity contribution is 6.05. The number of carbonyl (C=O) groups is 2. The van der Waals surface area contributed by atoms with E-state index in [1.165, 1.54) is 6.08 Å². The first-order chi connectivity index (χ1) is 13.8. The minimum Gasteiger partial charge on any atom is -0.462 e. The highest BCUT2D eigenvalue weighted by Crippen LogP contribution is 2.36. The third-order valence-electron chi connectivity index (χ3n) is 4.25. The monoisotopic (exact) mass is 392 g/mol. The van der Waals surface area contributed by atoms with Crippen LogP contribution in [0.4, 0.5) is 0 Å². The van der Waals surface area contributed by atoms with E-state index in [1.54, 1.807) is 31.2 Å². The van der Waals surface area contributed by atoms with Crippen LogP contribution in [-0.2, 0) is 14.9 Å². The fraction of sp³-hybridized carbons (Fsp3) is 0.250. The lowest BCUT2D eigenvalue weighted by molar-refractivity contribution is -0.128. The molecule has 0 atom stereocenters. The van der Waals surface area contributed by atoms with Gasteiger partial charge >= 0.3 is 11.9 Å². The molecule has 0 amide bonds. The molecule has 0 radical (unpaired) electrons. The predicted octanol–water partition coefficient (Wildman–Crippen LogP) is 5.53.